The highest BCUT2D eigenvalue weighted by Crippen LogP contribution is 2.31. The Labute approximate surface area is 171 Å². The molecule has 1 fully saturated rings. The minimum absolute atomic E-state index is 0.0858. The van der Waals surface area contributed by atoms with E-state index >= 15 is 0 Å². The van der Waals surface area contributed by atoms with Crippen LogP contribution in [0, 0.1) is 0 Å². The smallest absolute Gasteiger partial charge is 0.290 e. The predicted octanol–water partition coefficient (Wildman–Crippen LogP) is 2.74. The first kappa shape index (κ1) is 19.9. The number of benzene rings is 1. The normalized spacial score (nSPS) is 23.1. The van der Waals surface area contributed by atoms with Gasteiger partial charge in [-0.1, -0.05) is 37.8 Å². The molecule has 2 heterocycles. The Hall–Kier alpha value is -2.41. The Kier molecular flexibility index (Phi) is 5.58. The van der Waals surface area contributed by atoms with Crippen LogP contribution in [-0.4, -0.2) is 58.1 Å². The Bertz CT molecular complexity index is 901. The van der Waals surface area contributed by atoms with Crippen molar-refractivity contribution >= 4 is 22.8 Å². The SMILES string of the molecule is COCCN1C(=O)c2nc3ccccc3n2C[C@@]1(C)C(=O)NC1CCCCCC1. The largest absolute Gasteiger partial charge is 0.383 e. The van der Waals surface area contributed by atoms with Crippen molar-refractivity contribution in [2.75, 3.05) is 20.3 Å². The Morgan fingerprint density at radius 2 is 1.97 bits per heavy atom. The number of ether oxygens (including phenoxy) is 1. The molecule has 4 rings (SSSR count). The summed E-state index contributed by atoms with van der Waals surface area (Å²) in [5, 5.41) is 3.26. The van der Waals surface area contributed by atoms with Gasteiger partial charge in [-0.15, -0.1) is 0 Å². The predicted molar refractivity (Wildman–Crippen MR) is 111 cm³/mol. The molecule has 2 aliphatic rings. The highest BCUT2D eigenvalue weighted by Gasteiger charge is 2.48. The van der Waals surface area contributed by atoms with Crippen LogP contribution in [0.15, 0.2) is 24.3 Å². The second-order valence-corrected chi connectivity index (χ2v) is 8.40. The van der Waals surface area contributed by atoms with Gasteiger partial charge in [0.05, 0.1) is 24.2 Å². The number of nitrogens with zero attached hydrogens (tertiary/aromatic N) is 3. The maximum atomic E-state index is 13.5. The van der Waals surface area contributed by atoms with E-state index in [0.29, 0.717) is 25.5 Å². The van der Waals surface area contributed by atoms with Gasteiger partial charge in [0, 0.05) is 19.7 Å². The molecule has 0 spiro atoms. The number of fused-ring (bicyclic) bond motifs is 3. The summed E-state index contributed by atoms with van der Waals surface area (Å²) in [6.45, 7) is 2.98. The number of amides is 2. The van der Waals surface area contributed by atoms with Crippen molar-refractivity contribution in [1.29, 1.82) is 0 Å². The summed E-state index contributed by atoms with van der Waals surface area (Å²) in [5.74, 6) is 0.0855. The number of aromatic nitrogens is 2. The monoisotopic (exact) mass is 398 g/mol. The average Bonchev–Trinajstić information content (AvgIpc) is 2.89. The minimum atomic E-state index is -0.988. The molecule has 0 bridgehead atoms. The zero-order valence-electron chi connectivity index (χ0n) is 17.3. The molecule has 29 heavy (non-hydrogen) atoms. The summed E-state index contributed by atoms with van der Waals surface area (Å²) < 4.78 is 7.12. The van der Waals surface area contributed by atoms with E-state index < -0.39 is 5.54 Å². The van der Waals surface area contributed by atoms with E-state index in [0.717, 1.165) is 36.7 Å². The van der Waals surface area contributed by atoms with E-state index in [1.165, 1.54) is 12.8 Å². The highest BCUT2D eigenvalue weighted by molar-refractivity contribution is 6.01. The standard InChI is InChI=1S/C22H30N4O3/c1-22(21(28)23-16-9-5-3-4-6-10-16)15-25-18-12-8-7-11-17(18)24-19(25)20(27)26(22)13-14-29-2/h7-8,11-12,16H,3-6,9-10,13-15H2,1-2H3,(H,23,28)/t22-/m0/s1. The molecule has 1 aliphatic heterocycles. The maximum Gasteiger partial charge on any atom is 0.290 e. The third-order valence-electron chi connectivity index (χ3n) is 6.35. The third kappa shape index (κ3) is 3.64. The lowest BCUT2D eigenvalue weighted by atomic mass is 9.94. The van der Waals surface area contributed by atoms with Crippen LogP contribution < -0.4 is 5.32 Å². The summed E-state index contributed by atoms with van der Waals surface area (Å²) in [6.07, 6.45) is 6.76. The van der Waals surface area contributed by atoms with Crippen LogP contribution in [0.5, 0.6) is 0 Å². The maximum absolute atomic E-state index is 13.5. The first-order valence-corrected chi connectivity index (χ1v) is 10.6. The van der Waals surface area contributed by atoms with Crippen LogP contribution in [0.3, 0.4) is 0 Å². The van der Waals surface area contributed by atoms with Crippen LogP contribution >= 0.6 is 0 Å². The highest BCUT2D eigenvalue weighted by atomic mass is 16.5. The molecule has 2 aromatic rings. The van der Waals surface area contributed by atoms with Crippen molar-refractivity contribution in [3.05, 3.63) is 30.1 Å². The molecule has 1 aliphatic carbocycles. The summed E-state index contributed by atoms with van der Waals surface area (Å²) in [5.41, 5.74) is 0.671. The van der Waals surface area contributed by atoms with E-state index in [1.54, 1.807) is 12.0 Å². The van der Waals surface area contributed by atoms with Gasteiger partial charge in [-0.25, -0.2) is 4.98 Å². The summed E-state index contributed by atoms with van der Waals surface area (Å²) >= 11 is 0. The molecule has 1 saturated carbocycles. The first-order chi connectivity index (χ1) is 14.0. The number of rotatable bonds is 5. The molecule has 2 amide bonds. The zero-order chi connectivity index (χ0) is 20.4. The van der Waals surface area contributed by atoms with Crippen LogP contribution in [0.1, 0.15) is 56.1 Å². The molecular weight excluding hydrogens is 368 g/mol. The molecule has 0 radical (unpaired) electrons. The number of hydrogen-bond donors (Lipinski definition) is 1. The first-order valence-electron chi connectivity index (χ1n) is 10.6. The minimum Gasteiger partial charge on any atom is -0.383 e. The molecule has 1 aromatic heterocycles. The number of hydrogen-bond acceptors (Lipinski definition) is 4. The quantitative estimate of drug-likeness (QED) is 0.786. The molecule has 1 atom stereocenters. The Morgan fingerprint density at radius 3 is 2.69 bits per heavy atom. The molecule has 7 nitrogen and oxygen atoms in total. The van der Waals surface area contributed by atoms with Gasteiger partial charge in [0.1, 0.15) is 5.54 Å². The van der Waals surface area contributed by atoms with Gasteiger partial charge in [0.25, 0.3) is 5.91 Å². The van der Waals surface area contributed by atoms with Crippen molar-refractivity contribution in [3.8, 4) is 0 Å². The lowest BCUT2D eigenvalue weighted by Crippen LogP contribution is -2.65. The van der Waals surface area contributed by atoms with Gasteiger partial charge >= 0.3 is 0 Å². The number of para-hydroxylation sites is 2. The Balaban J connectivity index is 1.68. The number of carbonyl (C=O) groups is 2. The molecule has 0 saturated heterocycles. The van der Waals surface area contributed by atoms with E-state index in [-0.39, 0.29) is 17.9 Å². The fourth-order valence-corrected chi connectivity index (χ4v) is 4.63. The van der Waals surface area contributed by atoms with Gasteiger partial charge < -0.3 is 19.5 Å². The second kappa shape index (κ2) is 8.14. The van der Waals surface area contributed by atoms with Crippen LogP contribution in [0.25, 0.3) is 11.0 Å². The van der Waals surface area contributed by atoms with Crippen molar-refractivity contribution in [1.82, 2.24) is 19.8 Å². The number of carbonyl (C=O) groups excluding carboxylic acids is 2. The summed E-state index contributed by atoms with van der Waals surface area (Å²) in [7, 11) is 1.60. The van der Waals surface area contributed by atoms with E-state index in [4.69, 9.17) is 4.74 Å². The van der Waals surface area contributed by atoms with Gasteiger partial charge in [-0.2, -0.15) is 0 Å². The average molecular weight is 399 g/mol. The molecule has 1 aromatic carbocycles. The lowest BCUT2D eigenvalue weighted by Gasteiger charge is -2.44. The van der Waals surface area contributed by atoms with Gasteiger partial charge in [0.15, 0.2) is 5.82 Å². The van der Waals surface area contributed by atoms with Crippen LogP contribution in [0.4, 0.5) is 0 Å². The Morgan fingerprint density at radius 1 is 1.24 bits per heavy atom. The third-order valence-corrected chi connectivity index (χ3v) is 6.35. The number of imidazole rings is 1. The lowest BCUT2D eigenvalue weighted by molar-refractivity contribution is -0.134. The van der Waals surface area contributed by atoms with Crippen LogP contribution in [-0.2, 0) is 16.1 Å². The van der Waals surface area contributed by atoms with Crippen LogP contribution in [0.2, 0.25) is 0 Å². The molecule has 1 N–H and O–H groups in total. The summed E-state index contributed by atoms with van der Waals surface area (Å²) in [6, 6.07) is 7.88. The molecule has 0 unspecified atom stereocenters. The van der Waals surface area contributed by atoms with Crippen molar-refractivity contribution in [3.63, 3.8) is 0 Å². The van der Waals surface area contributed by atoms with Crippen molar-refractivity contribution in [2.45, 2.75) is 63.6 Å². The van der Waals surface area contributed by atoms with E-state index in [2.05, 4.69) is 10.3 Å². The van der Waals surface area contributed by atoms with Gasteiger partial charge in [0.2, 0.25) is 5.91 Å². The molecular formula is C22H30N4O3. The topological polar surface area (TPSA) is 76.5 Å². The molecule has 7 heteroatoms. The molecule has 156 valence electrons. The number of methoxy groups -OCH3 is 1. The fourth-order valence-electron chi connectivity index (χ4n) is 4.63. The van der Waals surface area contributed by atoms with Gasteiger partial charge in [-0.05, 0) is 31.9 Å². The zero-order valence-corrected chi connectivity index (χ0v) is 17.3. The second-order valence-electron chi connectivity index (χ2n) is 8.40. The van der Waals surface area contributed by atoms with E-state index in [9.17, 15) is 9.59 Å². The van der Waals surface area contributed by atoms with Gasteiger partial charge in [-0.3, -0.25) is 9.59 Å². The van der Waals surface area contributed by atoms with E-state index in [1.807, 2.05) is 35.8 Å². The van der Waals surface area contributed by atoms with Crippen molar-refractivity contribution < 1.29 is 14.3 Å². The van der Waals surface area contributed by atoms with Crippen molar-refractivity contribution in [2.24, 2.45) is 0 Å². The summed E-state index contributed by atoms with van der Waals surface area (Å²) in [4.78, 5) is 33.1. The fraction of sp³-hybridized carbons (Fsp3) is 0.591. The number of nitrogens with one attached hydrogen (secondary N) is 1.